The number of carbonyl (C=O) groups excluding carboxylic acids is 3. The van der Waals surface area contributed by atoms with Gasteiger partial charge in [-0.15, -0.1) is 0 Å². The van der Waals surface area contributed by atoms with Crippen molar-refractivity contribution in [3.8, 4) is 0 Å². The van der Waals surface area contributed by atoms with Gasteiger partial charge in [-0.1, -0.05) is 32.0 Å². The SMILES string of the molecule is C/C(CC(=O)Nc1ccccc1C(C)C)=N/NC(=O)C(=O)NC(C)C. The van der Waals surface area contributed by atoms with E-state index in [1.54, 1.807) is 20.8 Å². The van der Waals surface area contributed by atoms with E-state index < -0.39 is 11.8 Å². The standard InChI is InChI=1S/C18H26N4O3/c1-11(2)14-8-6-7-9-15(14)20-16(23)10-13(5)21-22-18(25)17(24)19-12(3)4/h6-9,11-12H,10H2,1-5H3,(H,19,24)(H,20,23)(H,22,25)/b21-13-. The lowest BCUT2D eigenvalue weighted by Gasteiger charge is -2.13. The van der Waals surface area contributed by atoms with Gasteiger partial charge in [-0.3, -0.25) is 14.4 Å². The summed E-state index contributed by atoms with van der Waals surface area (Å²) in [6, 6.07) is 7.45. The second-order valence-corrected chi connectivity index (χ2v) is 6.38. The highest BCUT2D eigenvalue weighted by Crippen LogP contribution is 2.23. The van der Waals surface area contributed by atoms with Crippen LogP contribution in [-0.4, -0.2) is 29.5 Å². The van der Waals surface area contributed by atoms with Crippen LogP contribution in [0.25, 0.3) is 0 Å². The molecule has 25 heavy (non-hydrogen) atoms. The fourth-order valence-electron chi connectivity index (χ4n) is 2.11. The minimum atomic E-state index is -0.862. The number of hydrazone groups is 1. The predicted molar refractivity (Wildman–Crippen MR) is 98.3 cm³/mol. The highest BCUT2D eigenvalue weighted by molar-refractivity contribution is 6.35. The number of hydrogen-bond acceptors (Lipinski definition) is 4. The molecule has 0 aliphatic carbocycles. The van der Waals surface area contributed by atoms with E-state index in [2.05, 4.69) is 35.0 Å². The summed E-state index contributed by atoms with van der Waals surface area (Å²) >= 11 is 0. The predicted octanol–water partition coefficient (Wildman–Crippen LogP) is 2.16. The van der Waals surface area contributed by atoms with Gasteiger partial charge in [-0.05, 0) is 38.3 Å². The van der Waals surface area contributed by atoms with Gasteiger partial charge in [0.25, 0.3) is 0 Å². The van der Waals surface area contributed by atoms with E-state index >= 15 is 0 Å². The Balaban J connectivity index is 2.59. The number of nitrogens with zero attached hydrogens (tertiary/aromatic N) is 1. The van der Waals surface area contributed by atoms with E-state index in [1.165, 1.54) is 0 Å². The molecule has 0 aromatic heterocycles. The maximum absolute atomic E-state index is 12.1. The Labute approximate surface area is 148 Å². The molecule has 7 heteroatoms. The van der Waals surface area contributed by atoms with Crippen molar-refractivity contribution in [3.05, 3.63) is 29.8 Å². The zero-order valence-corrected chi connectivity index (χ0v) is 15.3. The van der Waals surface area contributed by atoms with E-state index in [4.69, 9.17) is 0 Å². The number of amides is 3. The molecule has 0 fully saturated rings. The largest absolute Gasteiger partial charge is 0.346 e. The summed E-state index contributed by atoms with van der Waals surface area (Å²) in [5.74, 6) is -1.58. The van der Waals surface area contributed by atoms with Crippen molar-refractivity contribution < 1.29 is 14.4 Å². The third-order valence-electron chi connectivity index (χ3n) is 3.25. The first-order valence-corrected chi connectivity index (χ1v) is 8.23. The molecule has 0 spiro atoms. The van der Waals surface area contributed by atoms with Crippen LogP contribution in [-0.2, 0) is 14.4 Å². The Hall–Kier alpha value is -2.70. The molecule has 1 aromatic carbocycles. The highest BCUT2D eigenvalue weighted by Gasteiger charge is 2.14. The van der Waals surface area contributed by atoms with Crippen LogP contribution in [0.2, 0.25) is 0 Å². The summed E-state index contributed by atoms with van der Waals surface area (Å²) in [6.45, 7) is 9.21. The quantitative estimate of drug-likeness (QED) is 0.418. The van der Waals surface area contributed by atoms with Gasteiger partial charge in [0.15, 0.2) is 0 Å². The van der Waals surface area contributed by atoms with E-state index in [0.29, 0.717) is 5.71 Å². The molecule has 136 valence electrons. The molecule has 0 heterocycles. The van der Waals surface area contributed by atoms with Gasteiger partial charge in [-0.25, -0.2) is 5.43 Å². The van der Waals surface area contributed by atoms with Crippen molar-refractivity contribution in [3.63, 3.8) is 0 Å². The molecule has 3 amide bonds. The number of rotatable bonds is 6. The topological polar surface area (TPSA) is 99.7 Å². The van der Waals surface area contributed by atoms with Crippen molar-refractivity contribution in [1.29, 1.82) is 0 Å². The average molecular weight is 346 g/mol. The van der Waals surface area contributed by atoms with Gasteiger partial charge in [0, 0.05) is 17.4 Å². The molecular formula is C18H26N4O3. The van der Waals surface area contributed by atoms with Gasteiger partial charge in [0.1, 0.15) is 0 Å². The van der Waals surface area contributed by atoms with Crippen LogP contribution < -0.4 is 16.1 Å². The number of carbonyl (C=O) groups is 3. The Bertz CT molecular complexity index is 666. The number of anilines is 1. The van der Waals surface area contributed by atoms with Crippen molar-refractivity contribution >= 4 is 29.1 Å². The maximum Gasteiger partial charge on any atom is 0.329 e. The fraction of sp³-hybridized carbons (Fsp3) is 0.444. The first-order chi connectivity index (χ1) is 11.7. The van der Waals surface area contributed by atoms with E-state index in [9.17, 15) is 14.4 Å². The molecule has 0 radical (unpaired) electrons. The molecule has 0 saturated heterocycles. The van der Waals surface area contributed by atoms with Crippen molar-refractivity contribution in [2.75, 3.05) is 5.32 Å². The second kappa shape index (κ2) is 9.56. The summed E-state index contributed by atoms with van der Waals surface area (Å²) in [6.07, 6.45) is 0.0124. The molecule has 0 unspecified atom stereocenters. The molecule has 0 saturated carbocycles. The third-order valence-corrected chi connectivity index (χ3v) is 3.25. The molecule has 0 atom stereocenters. The zero-order chi connectivity index (χ0) is 19.0. The number of nitrogens with one attached hydrogen (secondary N) is 3. The normalized spacial score (nSPS) is 11.4. The van der Waals surface area contributed by atoms with Crippen molar-refractivity contribution in [2.24, 2.45) is 5.10 Å². The summed E-state index contributed by atoms with van der Waals surface area (Å²) in [4.78, 5) is 35.1. The van der Waals surface area contributed by atoms with Gasteiger partial charge >= 0.3 is 11.8 Å². The van der Waals surface area contributed by atoms with E-state index in [0.717, 1.165) is 11.3 Å². The smallest absolute Gasteiger partial charge is 0.329 e. The Morgan fingerprint density at radius 1 is 1.04 bits per heavy atom. The fourth-order valence-corrected chi connectivity index (χ4v) is 2.11. The third kappa shape index (κ3) is 7.15. The maximum atomic E-state index is 12.1. The van der Waals surface area contributed by atoms with Crippen LogP contribution >= 0.6 is 0 Å². The molecule has 1 rings (SSSR count). The molecule has 0 aliphatic rings. The molecule has 1 aromatic rings. The highest BCUT2D eigenvalue weighted by atomic mass is 16.2. The van der Waals surface area contributed by atoms with Crippen molar-refractivity contribution in [1.82, 2.24) is 10.7 Å². The summed E-state index contributed by atoms with van der Waals surface area (Å²) in [5, 5.41) is 9.09. The molecular weight excluding hydrogens is 320 g/mol. The average Bonchev–Trinajstić information content (AvgIpc) is 2.52. The summed E-state index contributed by atoms with van der Waals surface area (Å²) < 4.78 is 0. The molecule has 0 bridgehead atoms. The minimum absolute atomic E-state index is 0.0124. The van der Waals surface area contributed by atoms with Gasteiger partial charge in [-0.2, -0.15) is 5.10 Å². The van der Waals surface area contributed by atoms with Crippen molar-refractivity contribution in [2.45, 2.75) is 53.0 Å². The summed E-state index contributed by atoms with van der Waals surface area (Å²) in [5.41, 5.74) is 4.34. The van der Waals surface area contributed by atoms with E-state index in [1.807, 2.05) is 24.3 Å². The second-order valence-electron chi connectivity index (χ2n) is 6.38. The first-order valence-electron chi connectivity index (χ1n) is 8.23. The van der Waals surface area contributed by atoms with Gasteiger partial charge in [0.05, 0.1) is 6.42 Å². The van der Waals surface area contributed by atoms with Crippen LogP contribution in [0.3, 0.4) is 0 Å². The molecule has 0 aliphatic heterocycles. The van der Waals surface area contributed by atoms with Crippen LogP contribution in [0.1, 0.15) is 52.5 Å². The summed E-state index contributed by atoms with van der Waals surface area (Å²) in [7, 11) is 0. The van der Waals surface area contributed by atoms with Crippen LogP contribution in [0.4, 0.5) is 5.69 Å². The minimum Gasteiger partial charge on any atom is -0.346 e. The van der Waals surface area contributed by atoms with Gasteiger partial charge in [0.2, 0.25) is 5.91 Å². The molecule has 7 nitrogen and oxygen atoms in total. The number of hydrogen-bond donors (Lipinski definition) is 3. The Morgan fingerprint density at radius 3 is 2.28 bits per heavy atom. The zero-order valence-electron chi connectivity index (χ0n) is 15.3. The van der Waals surface area contributed by atoms with E-state index in [-0.39, 0.29) is 24.3 Å². The van der Waals surface area contributed by atoms with Crippen LogP contribution in [0.15, 0.2) is 29.4 Å². The lowest BCUT2D eigenvalue weighted by molar-refractivity contribution is -0.139. The number of benzene rings is 1. The monoisotopic (exact) mass is 346 g/mol. The first kappa shape index (κ1) is 20.3. The Kier molecular flexibility index (Phi) is 7.78. The van der Waals surface area contributed by atoms with Gasteiger partial charge < -0.3 is 10.6 Å². The van der Waals surface area contributed by atoms with Crippen LogP contribution in [0.5, 0.6) is 0 Å². The Morgan fingerprint density at radius 2 is 1.68 bits per heavy atom. The van der Waals surface area contributed by atoms with Crippen LogP contribution in [0, 0.1) is 0 Å². The lowest BCUT2D eigenvalue weighted by atomic mass is 10.0. The molecule has 3 N–H and O–H groups in total. The lowest BCUT2D eigenvalue weighted by Crippen LogP contribution is -2.41. The number of para-hydroxylation sites is 1.